The third-order valence-electron chi connectivity index (χ3n) is 4.33. The van der Waals surface area contributed by atoms with Crippen molar-refractivity contribution < 1.29 is 4.79 Å². The third-order valence-corrected chi connectivity index (χ3v) is 4.33. The number of hydrogen-bond acceptors (Lipinski definition) is 2. The van der Waals surface area contributed by atoms with Crippen molar-refractivity contribution >= 4 is 33.7 Å². The van der Waals surface area contributed by atoms with Gasteiger partial charge in [-0.15, -0.1) is 0 Å². The van der Waals surface area contributed by atoms with Crippen LogP contribution in [0.2, 0.25) is 0 Å². The summed E-state index contributed by atoms with van der Waals surface area (Å²) in [7, 11) is 0. The summed E-state index contributed by atoms with van der Waals surface area (Å²) < 4.78 is 2.28. The fourth-order valence-electron chi connectivity index (χ4n) is 3.14. The molecule has 24 heavy (non-hydrogen) atoms. The summed E-state index contributed by atoms with van der Waals surface area (Å²) in [5, 5.41) is 11.6. The van der Waals surface area contributed by atoms with Crippen molar-refractivity contribution in [3.63, 3.8) is 0 Å². The van der Waals surface area contributed by atoms with E-state index in [1.807, 2.05) is 38.1 Å². The lowest BCUT2D eigenvalue weighted by atomic mass is 9.99. The van der Waals surface area contributed by atoms with Gasteiger partial charge in [-0.1, -0.05) is 38.1 Å². The molecule has 0 bridgehead atoms. The maximum atomic E-state index is 12.1. The summed E-state index contributed by atoms with van der Waals surface area (Å²) in [6.45, 7) is 6.65. The van der Waals surface area contributed by atoms with Crippen molar-refractivity contribution in [1.29, 1.82) is 5.26 Å². The number of aryl methyl sites for hydroxylation is 1. The van der Waals surface area contributed by atoms with Gasteiger partial charge in [-0.2, -0.15) is 5.26 Å². The first-order valence-electron chi connectivity index (χ1n) is 8.23. The van der Waals surface area contributed by atoms with E-state index in [9.17, 15) is 10.1 Å². The molecule has 0 fully saturated rings. The Morgan fingerprint density at radius 2 is 1.88 bits per heavy atom. The van der Waals surface area contributed by atoms with Crippen LogP contribution in [0.4, 0.5) is 0 Å². The van der Waals surface area contributed by atoms with Gasteiger partial charge >= 0.3 is 0 Å². The Kier molecular flexibility index (Phi) is 4.22. The van der Waals surface area contributed by atoms with Crippen molar-refractivity contribution in [2.24, 2.45) is 5.92 Å². The maximum Gasteiger partial charge on any atom is 0.175 e. The Labute approximate surface area is 141 Å². The number of aromatic nitrogens is 1. The number of nitriles is 1. The van der Waals surface area contributed by atoms with Gasteiger partial charge in [-0.3, -0.25) is 4.79 Å². The summed E-state index contributed by atoms with van der Waals surface area (Å²) in [4.78, 5) is 12.1. The van der Waals surface area contributed by atoms with Gasteiger partial charge in [-0.05, 0) is 36.8 Å². The van der Waals surface area contributed by atoms with E-state index in [-0.39, 0.29) is 17.3 Å². The summed E-state index contributed by atoms with van der Waals surface area (Å²) in [6.07, 6.45) is 1.69. The van der Waals surface area contributed by atoms with E-state index >= 15 is 0 Å². The Morgan fingerprint density at radius 3 is 2.54 bits per heavy atom. The highest BCUT2D eigenvalue weighted by Gasteiger charge is 2.14. The lowest BCUT2D eigenvalue weighted by Gasteiger charge is -2.04. The van der Waals surface area contributed by atoms with Gasteiger partial charge in [0.05, 0.1) is 5.57 Å². The van der Waals surface area contributed by atoms with Crippen LogP contribution in [0.5, 0.6) is 0 Å². The lowest BCUT2D eigenvalue weighted by Crippen LogP contribution is -2.08. The fourth-order valence-corrected chi connectivity index (χ4v) is 3.14. The predicted octanol–water partition coefficient (Wildman–Crippen LogP) is 4.95. The molecule has 0 saturated carbocycles. The zero-order valence-electron chi connectivity index (χ0n) is 14.2. The van der Waals surface area contributed by atoms with Crippen LogP contribution in [-0.2, 0) is 11.3 Å². The number of para-hydroxylation sites is 1. The van der Waals surface area contributed by atoms with E-state index in [1.165, 1.54) is 16.4 Å². The monoisotopic (exact) mass is 316 g/mol. The first kappa shape index (κ1) is 16.0. The highest BCUT2D eigenvalue weighted by molar-refractivity contribution is 6.09. The molecule has 0 radical (unpaired) electrons. The minimum atomic E-state index is -0.179. The number of carbonyl (C=O) groups excluding carboxylic acids is 1. The van der Waals surface area contributed by atoms with Gasteiger partial charge in [0, 0.05) is 34.3 Å². The minimum absolute atomic E-state index is 0.117. The molecular weight excluding hydrogens is 296 g/mol. The summed E-state index contributed by atoms with van der Waals surface area (Å²) >= 11 is 0. The Balaban J connectivity index is 2.21. The fraction of sp³-hybridized carbons (Fsp3) is 0.238. The number of fused-ring (bicyclic) bond motifs is 3. The van der Waals surface area contributed by atoms with Crippen LogP contribution in [0.25, 0.3) is 27.9 Å². The van der Waals surface area contributed by atoms with Gasteiger partial charge in [0.1, 0.15) is 6.07 Å². The van der Waals surface area contributed by atoms with Gasteiger partial charge in [0.25, 0.3) is 0 Å². The largest absolute Gasteiger partial charge is 0.341 e. The van der Waals surface area contributed by atoms with E-state index in [0.717, 1.165) is 17.5 Å². The first-order chi connectivity index (χ1) is 11.6. The molecule has 1 aromatic heterocycles. The lowest BCUT2D eigenvalue weighted by molar-refractivity contribution is -0.117. The Morgan fingerprint density at radius 1 is 1.17 bits per heavy atom. The van der Waals surface area contributed by atoms with Crippen molar-refractivity contribution in [2.75, 3.05) is 0 Å². The predicted molar refractivity (Wildman–Crippen MR) is 98.6 cm³/mol. The molecular formula is C21H20N2O. The average Bonchev–Trinajstić information content (AvgIpc) is 2.92. The molecule has 1 heterocycles. The molecule has 2 aromatic carbocycles. The molecule has 0 saturated heterocycles. The van der Waals surface area contributed by atoms with Gasteiger partial charge < -0.3 is 4.57 Å². The van der Waals surface area contributed by atoms with Gasteiger partial charge in [0.15, 0.2) is 5.78 Å². The number of rotatable bonds is 4. The van der Waals surface area contributed by atoms with Crippen LogP contribution >= 0.6 is 0 Å². The third kappa shape index (κ3) is 2.61. The molecule has 0 spiro atoms. The second-order valence-electron chi connectivity index (χ2n) is 6.23. The maximum absolute atomic E-state index is 12.1. The molecule has 3 nitrogen and oxygen atoms in total. The molecule has 3 rings (SSSR count). The Bertz CT molecular complexity index is 1000. The van der Waals surface area contributed by atoms with Crippen LogP contribution in [0.15, 0.2) is 48.0 Å². The number of Topliss-reactive ketones (excluding diaryl/α,β-unsaturated/α-hetero) is 1. The highest BCUT2D eigenvalue weighted by Crippen LogP contribution is 2.30. The summed E-state index contributed by atoms with van der Waals surface area (Å²) in [6, 6.07) is 16.5. The normalized spacial score (nSPS) is 12.0. The molecule has 0 unspecified atom stereocenters. The number of hydrogen-bond donors (Lipinski definition) is 0. The van der Waals surface area contributed by atoms with Crippen molar-refractivity contribution in [3.8, 4) is 6.07 Å². The Hall–Kier alpha value is -2.86. The number of benzene rings is 2. The molecule has 0 atom stereocenters. The van der Waals surface area contributed by atoms with Crippen LogP contribution in [0.1, 0.15) is 26.3 Å². The minimum Gasteiger partial charge on any atom is -0.341 e. The zero-order valence-corrected chi connectivity index (χ0v) is 14.2. The topological polar surface area (TPSA) is 45.8 Å². The summed E-state index contributed by atoms with van der Waals surface area (Å²) in [5.74, 6) is -0.296. The molecule has 120 valence electrons. The van der Waals surface area contributed by atoms with E-state index in [2.05, 4.69) is 35.8 Å². The molecule has 0 aliphatic heterocycles. The highest BCUT2D eigenvalue weighted by atomic mass is 16.1. The molecule has 0 aliphatic carbocycles. The molecule has 0 aliphatic rings. The van der Waals surface area contributed by atoms with Crippen LogP contribution in [0, 0.1) is 17.2 Å². The van der Waals surface area contributed by atoms with Crippen LogP contribution < -0.4 is 0 Å². The van der Waals surface area contributed by atoms with Gasteiger partial charge in [-0.25, -0.2) is 0 Å². The molecule has 3 heteroatoms. The van der Waals surface area contributed by atoms with E-state index in [1.54, 1.807) is 6.08 Å². The second-order valence-corrected chi connectivity index (χ2v) is 6.23. The quantitative estimate of drug-likeness (QED) is 0.505. The van der Waals surface area contributed by atoms with E-state index in [0.29, 0.717) is 0 Å². The van der Waals surface area contributed by atoms with E-state index < -0.39 is 0 Å². The van der Waals surface area contributed by atoms with Crippen molar-refractivity contribution in [3.05, 3.63) is 53.6 Å². The second kappa shape index (κ2) is 6.33. The van der Waals surface area contributed by atoms with E-state index in [4.69, 9.17) is 0 Å². The van der Waals surface area contributed by atoms with Crippen molar-refractivity contribution in [2.45, 2.75) is 27.3 Å². The van der Waals surface area contributed by atoms with Crippen molar-refractivity contribution in [1.82, 2.24) is 4.57 Å². The molecule has 0 amide bonds. The molecule has 0 N–H and O–H groups in total. The number of allylic oxidation sites excluding steroid dienone is 1. The number of carbonyl (C=O) groups is 1. The smallest absolute Gasteiger partial charge is 0.175 e. The average molecular weight is 316 g/mol. The molecule has 3 aromatic rings. The van der Waals surface area contributed by atoms with Crippen LogP contribution in [-0.4, -0.2) is 10.4 Å². The number of ketones is 1. The van der Waals surface area contributed by atoms with Crippen LogP contribution in [0.3, 0.4) is 0 Å². The first-order valence-corrected chi connectivity index (χ1v) is 8.23. The standard InChI is InChI=1S/C21H20N2O/c1-4-23-19-8-6-5-7-17(19)18-12-15(9-10-20(18)23)11-16(13-22)21(24)14(2)3/h5-12,14H,4H2,1-3H3. The zero-order chi connectivity index (χ0) is 17.3. The van der Waals surface area contributed by atoms with Gasteiger partial charge in [0.2, 0.25) is 0 Å². The summed E-state index contributed by atoms with van der Waals surface area (Å²) in [5.41, 5.74) is 3.47. The SMILES string of the molecule is CCn1c2ccccc2c2cc(C=C(C#N)C(=O)C(C)C)ccc21. The number of nitrogens with zero attached hydrogens (tertiary/aromatic N) is 2.